The van der Waals surface area contributed by atoms with Gasteiger partial charge in [-0.15, -0.1) is 0 Å². The quantitative estimate of drug-likeness (QED) is 0.220. The predicted octanol–water partition coefficient (Wildman–Crippen LogP) is 6.31. The SMILES string of the molecule is CCCCOP(=S)(OCC(Br)(Br)Br)c1ccc(C(F)(F)F)cc1. The maximum absolute atomic E-state index is 12.7. The molecule has 0 aliphatic rings. The van der Waals surface area contributed by atoms with Crippen molar-refractivity contribution in [2.45, 2.75) is 28.1 Å². The molecule has 0 saturated carbocycles. The first-order chi connectivity index (χ1) is 10.5. The van der Waals surface area contributed by atoms with Gasteiger partial charge in [0.15, 0.2) is 2.14 Å². The van der Waals surface area contributed by atoms with Gasteiger partial charge in [-0.2, -0.15) is 13.2 Å². The summed E-state index contributed by atoms with van der Waals surface area (Å²) in [6, 6.07) is 4.64. The van der Waals surface area contributed by atoms with Gasteiger partial charge >= 0.3 is 6.18 Å². The Morgan fingerprint density at radius 1 is 1.09 bits per heavy atom. The Bertz CT molecular complexity index is 547. The molecule has 2 nitrogen and oxygen atoms in total. The smallest absolute Gasteiger partial charge is 0.326 e. The molecule has 1 atom stereocenters. The van der Waals surface area contributed by atoms with Crippen LogP contribution in [0.1, 0.15) is 25.3 Å². The minimum atomic E-state index is -4.39. The molecule has 0 heterocycles. The molecule has 1 aromatic rings. The van der Waals surface area contributed by atoms with Gasteiger partial charge in [-0.1, -0.05) is 61.1 Å². The molecule has 0 bridgehead atoms. The van der Waals surface area contributed by atoms with Crippen LogP contribution >= 0.6 is 54.3 Å². The van der Waals surface area contributed by atoms with Crippen LogP contribution in [0.2, 0.25) is 0 Å². The summed E-state index contributed by atoms with van der Waals surface area (Å²) in [6.07, 6.45) is -2.67. The number of benzene rings is 1. The third-order valence-electron chi connectivity index (χ3n) is 2.67. The Morgan fingerprint density at radius 3 is 2.09 bits per heavy atom. The van der Waals surface area contributed by atoms with Gasteiger partial charge < -0.3 is 9.05 Å². The highest BCUT2D eigenvalue weighted by atomic mass is 80.0. The summed E-state index contributed by atoms with van der Waals surface area (Å²) in [6.45, 7) is -0.354. The van der Waals surface area contributed by atoms with E-state index in [1.165, 1.54) is 12.1 Å². The molecule has 1 rings (SSSR count). The molecule has 0 saturated heterocycles. The summed E-state index contributed by atoms with van der Waals surface area (Å²) in [4.78, 5) is 0. The van der Waals surface area contributed by atoms with Crippen LogP contribution in [0.15, 0.2) is 24.3 Å². The topological polar surface area (TPSA) is 18.5 Å². The monoisotopic (exact) mass is 560 g/mol. The van der Waals surface area contributed by atoms with Crippen molar-refractivity contribution in [3.05, 3.63) is 29.8 Å². The summed E-state index contributed by atoms with van der Waals surface area (Å²) >= 11 is 15.4. The van der Waals surface area contributed by atoms with Crippen LogP contribution in [0.4, 0.5) is 13.2 Å². The third-order valence-corrected chi connectivity index (χ3v) is 6.54. The fourth-order valence-electron chi connectivity index (χ4n) is 1.51. The molecule has 0 aliphatic heterocycles. The lowest BCUT2D eigenvalue weighted by molar-refractivity contribution is -0.137. The maximum Gasteiger partial charge on any atom is 0.416 e. The van der Waals surface area contributed by atoms with Gasteiger partial charge in [0, 0.05) is 5.30 Å². The second-order valence-electron chi connectivity index (χ2n) is 4.62. The zero-order chi connectivity index (χ0) is 17.7. The van der Waals surface area contributed by atoms with Crippen LogP contribution in [0.25, 0.3) is 0 Å². The molecule has 0 fully saturated rings. The van der Waals surface area contributed by atoms with Gasteiger partial charge in [0.25, 0.3) is 0 Å². The molecule has 1 aromatic carbocycles. The molecule has 0 aliphatic carbocycles. The van der Waals surface area contributed by atoms with Crippen molar-refractivity contribution in [1.29, 1.82) is 0 Å². The molecule has 0 aromatic heterocycles. The first-order valence-corrected chi connectivity index (χ1v) is 11.6. The van der Waals surface area contributed by atoms with Gasteiger partial charge in [-0.05, 0) is 42.5 Å². The Hall–Kier alpha value is 1.02. The highest BCUT2D eigenvalue weighted by molar-refractivity contribution is 9.39. The summed E-state index contributed by atoms with van der Waals surface area (Å²) < 4.78 is 48.8. The molecule has 0 amide bonds. The predicted molar refractivity (Wildman–Crippen MR) is 102 cm³/mol. The lowest BCUT2D eigenvalue weighted by Gasteiger charge is -2.25. The minimum absolute atomic E-state index is 0.136. The van der Waals surface area contributed by atoms with E-state index in [0.717, 1.165) is 25.0 Å². The van der Waals surface area contributed by atoms with E-state index in [0.29, 0.717) is 11.9 Å². The van der Waals surface area contributed by atoms with Crippen LogP contribution in [0, 0.1) is 0 Å². The molecule has 0 N–H and O–H groups in total. The van der Waals surface area contributed by atoms with Crippen molar-refractivity contribution < 1.29 is 22.2 Å². The van der Waals surface area contributed by atoms with Gasteiger partial charge in [0.2, 0.25) is 6.49 Å². The van der Waals surface area contributed by atoms with E-state index < -0.39 is 20.4 Å². The fourth-order valence-corrected chi connectivity index (χ4v) is 4.75. The van der Waals surface area contributed by atoms with Crippen molar-refractivity contribution in [3.8, 4) is 0 Å². The van der Waals surface area contributed by atoms with Crippen LogP contribution in [-0.2, 0) is 27.0 Å². The highest BCUT2D eigenvalue weighted by Crippen LogP contribution is 2.50. The van der Waals surface area contributed by atoms with E-state index in [1.54, 1.807) is 0 Å². The van der Waals surface area contributed by atoms with E-state index in [1.807, 2.05) is 6.92 Å². The molecular weight excluding hydrogens is 548 g/mol. The van der Waals surface area contributed by atoms with Crippen molar-refractivity contribution >= 4 is 71.4 Å². The summed E-state index contributed by atoms with van der Waals surface area (Å²) in [5.41, 5.74) is -0.729. The first kappa shape index (κ1) is 22.1. The Morgan fingerprint density at radius 2 is 1.65 bits per heavy atom. The number of rotatable bonds is 7. The molecule has 10 heteroatoms. The summed E-state index contributed by atoms with van der Waals surface area (Å²) in [5.74, 6) is 0. The molecule has 132 valence electrons. The molecule has 0 radical (unpaired) electrons. The number of halogens is 6. The van der Waals surface area contributed by atoms with Gasteiger partial charge in [-0.25, -0.2) is 0 Å². The summed E-state index contributed by atoms with van der Waals surface area (Å²) in [5, 5.41) is 0.452. The maximum atomic E-state index is 12.7. The van der Waals surface area contributed by atoms with E-state index in [-0.39, 0.29) is 6.61 Å². The van der Waals surface area contributed by atoms with E-state index in [2.05, 4.69) is 47.8 Å². The van der Waals surface area contributed by atoms with Crippen LogP contribution in [0.3, 0.4) is 0 Å². The molecular formula is C13H15Br3F3O2PS. The second-order valence-corrected chi connectivity index (χ2v) is 15.3. The lowest BCUT2D eigenvalue weighted by Crippen LogP contribution is -2.17. The number of unbranched alkanes of at least 4 members (excludes halogenated alkanes) is 1. The Kier molecular flexibility index (Phi) is 8.73. The van der Waals surface area contributed by atoms with Crippen molar-refractivity contribution in [3.63, 3.8) is 0 Å². The summed E-state index contributed by atoms with van der Waals surface area (Å²) in [7, 11) is 0. The Balaban J connectivity index is 3.00. The minimum Gasteiger partial charge on any atom is -0.326 e. The second kappa shape index (κ2) is 9.10. The van der Waals surface area contributed by atoms with E-state index in [4.69, 9.17) is 20.9 Å². The zero-order valence-corrected chi connectivity index (χ0v) is 18.5. The Labute approximate surface area is 164 Å². The lowest BCUT2D eigenvalue weighted by atomic mass is 10.2. The normalized spacial score (nSPS) is 15.4. The largest absolute Gasteiger partial charge is 0.416 e. The van der Waals surface area contributed by atoms with E-state index in [9.17, 15) is 13.2 Å². The van der Waals surface area contributed by atoms with Gasteiger partial charge in [0.1, 0.15) is 0 Å². The third kappa shape index (κ3) is 7.84. The average Bonchev–Trinajstić information content (AvgIpc) is 2.44. The van der Waals surface area contributed by atoms with Crippen LogP contribution in [-0.4, -0.2) is 15.4 Å². The van der Waals surface area contributed by atoms with Crippen molar-refractivity contribution in [2.24, 2.45) is 0 Å². The first-order valence-electron chi connectivity index (χ1n) is 6.61. The zero-order valence-electron chi connectivity index (χ0n) is 12.1. The van der Waals surface area contributed by atoms with E-state index >= 15 is 0 Å². The standard InChI is InChI=1S/C13H15Br3F3O2PS/c1-2-3-8-20-22(23,21-9-12(14,15)16)11-6-4-10(5-7-11)13(17,18)19/h4-7H,2-3,8-9H2,1H3. The van der Waals surface area contributed by atoms with Crippen molar-refractivity contribution in [2.75, 3.05) is 13.2 Å². The fraction of sp³-hybridized carbons (Fsp3) is 0.538. The molecule has 0 spiro atoms. The number of alkyl halides is 6. The highest BCUT2D eigenvalue weighted by Gasteiger charge is 2.32. The van der Waals surface area contributed by atoms with Gasteiger partial charge in [-0.3, -0.25) is 0 Å². The van der Waals surface area contributed by atoms with Crippen molar-refractivity contribution in [1.82, 2.24) is 0 Å². The number of hydrogen-bond donors (Lipinski definition) is 0. The van der Waals surface area contributed by atoms with Crippen LogP contribution in [0.5, 0.6) is 0 Å². The van der Waals surface area contributed by atoms with Gasteiger partial charge in [0.05, 0.1) is 18.8 Å². The average molecular weight is 563 g/mol. The molecule has 23 heavy (non-hydrogen) atoms. The van der Waals surface area contributed by atoms with Crippen LogP contribution < -0.4 is 5.30 Å². The number of hydrogen-bond acceptors (Lipinski definition) is 3. The molecule has 1 unspecified atom stereocenters.